The van der Waals surface area contributed by atoms with Gasteiger partial charge in [-0.25, -0.2) is 0 Å². The highest BCUT2D eigenvalue weighted by Crippen LogP contribution is 2.36. The average molecular weight is 373 g/mol. The van der Waals surface area contributed by atoms with E-state index in [1.54, 1.807) is 6.20 Å². The summed E-state index contributed by atoms with van der Waals surface area (Å²) in [6.07, 6.45) is 1.70. The molecule has 0 spiro atoms. The van der Waals surface area contributed by atoms with Crippen molar-refractivity contribution in [2.24, 2.45) is 0 Å². The lowest BCUT2D eigenvalue weighted by molar-refractivity contribution is 1.49. The third-order valence-electron chi connectivity index (χ3n) is 4.88. The normalized spacial score (nSPS) is 10.2. The third-order valence-corrected chi connectivity index (χ3v) is 4.88. The van der Waals surface area contributed by atoms with Crippen molar-refractivity contribution in [3.05, 3.63) is 150 Å². The predicted octanol–water partition coefficient (Wildman–Crippen LogP) is 7.25. The monoisotopic (exact) mass is 373 g/mol. The molecule has 4 aromatic carbocycles. The van der Waals surface area contributed by atoms with Gasteiger partial charge in [0.1, 0.15) is 0 Å². The molecule has 0 fully saturated rings. The Hall–Kier alpha value is -3.84. The molecule has 0 unspecified atom stereocenters. The topological polar surface area (TPSA) is 12.0 Å². The highest BCUT2D eigenvalue weighted by molar-refractivity contribution is 6.04. The van der Waals surface area contributed by atoms with Crippen molar-refractivity contribution in [2.45, 2.75) is 0 Å². The Labute approximate surface area is 172 Å². The highest BCUT2D eigenvalue weighted by Gasteiger charge is 2.15. The van der Waals surface area contributed by atoms with Gasteiger partial charge in [-0.15, -0.1) is 0 Å². The van der Waals surface area contributed by atoms with Crippen LogP contribution in [0.3, 0.4) is 0 Å². The maximum absolute atomic E-state index is 3.75. The molecule has 0 aliphatic carbocycles. The van der Waals surface area contributed by atoms with Crippen LogP contribution >= 0.6 is 0 Å². The van der Waals surface area contributed by atoms with Gasteiger partial charge in [0.05, 0.1) is 0 Å². The molecular weight excluding hydrogens is 350 g/mol. The number of benzene rings is 4. The summed E-state index contributed by atoms with van der Waals surface area (Å²) in [5.41, 5.74) is 8.23. The molecule has 0 aliphatic heterocycles. The fraction of sp³-hybridized carbons (Fsp3) is 0. The number of anilines is 1. The van der Waals surface area contributed by atoms with Crippen LogP contribution in [0.25, 0.3) is 11.1 Å². The molecule has 1 heteroatoms. The Balaban J connectivity index is 2.02. The first-order valence-corrected chi connectivity index (χ1v) is 9.75. The van der Waals surface area contributed by atoms with Crippen LogP contribution in [-0.2, 0) is 0 Å². The van der Waals surface area contributed by atoms with E-state index in [0.29, 0.717) is 0 Å². The Morgan fingerprint density at radius 2 is 0.828 bits per heavy atom. The van der Waals surface area contributed by atoms with Gasteiger partial charge < -0.3 is 5.32 Å². The predicted molar refractivity (Wildman–Crippen MR) is 125 cm³/mol. The van der Waals surface area contributed by atoms with Crippen molar-refractivity contribution in [2.75, 3.05) is 5.32 Å². The molecule has 4 rings (SSSR count). The summed E-state index contributed by atoms with van der Waals surface area (Å²) in [5.74, 6) is 0. The minimum Gasteiger partial charge on any atom is -0.362 e. The minimum absolute atomic E-state index is 1.03. The molecule has 1 nitrogen and oxygen atoms in total. The van der Waals surface area contributed by atoms with Crippen LogP contribution in [0.2, 0.25) is 0 Å². The van der Waals surface area contributed by atoms with Gasteiger partial charge in [0.25, 0.3) is 0 Å². The first-order valence-electron chi connectivity index (χ1n) is 9.75. The van der Waals surface area contributed by atoms with Crippen molar-refractivity contribution >= 4 is 16.8 Å². The molecule has 29 heavy (non-hydrogen) atoms. The van der Waals surface area contributed by atoms with E-state index in [0.717, 1.165) is 5.69 Å². The van der Waals surface area contributed by atoms with Gasteiger partial charge in [0, 0.05) is 5.69 Å². The van der Waals surface area contributed by atoms with E-state index in [4.69, 9.17) is 0 Å². The fourth-order valence-electron chi connectivity index (χ4n) is 3.58. The standard InChI is InChI=1S/C28H23N/c1-2-29-26-20-18-25(19-21-26)28(24-16-10-5-11-17-24)27(22-12-6-3-7-13-22)23-14-8-4-9-15-23/h2-21,29H,1H2. The fourth-order valence-corrected chi connectivity index (χ4v) is 3.58. The van der Waals surface area contributed by atoms with Crippen LogP contribution in [0.4, 0.5) is 5.69 Å². The van der Waals surface area contributed by atoms with E-state index < -0.39 is 0 Å². The molecule has 0 aliphatic rings. The largest absolute Gasteiger partial charge is 0.362 e. The zero-order chi connectivity index (χ0) is 19.9. The summed E-state index contributed by atoms with van der Waals surface area (Å²) in [7, 11) is 0. The quantitative estimate of drug-likeness (QED) is 0.351. The van der Waals surface area contributed by atoms with Crippen LogP contribution in [0, 0.1) is 0 Å². The molecule has 140 valence electrons. The van der Waals surface area contributed by atoms with Gasteiger partial charge in [0.2, 0.25) is 0 Å². The van der Waals surface area contributed by atoms with Gasteiger partial charge in [-0.3, -0.25) is 0 Å². The summed E-state index contributed by atoms with van der Waals surface area (Å²) in [6.45, 7) is 3.75. The molecule has 0 heterocycles. The Morgan fingerprint density at radius 1 is 0.483 bits per heavy atom. The number of rotatable bonds is 6. The van der Waals surface area contributed by atoms with Crippen molar-refractivity contribution in [3.8, 4) is 0 Å². The van der Waals surface area contributed by atoms with E-state index in [9.17, 15) is 0 Å². The number of hydrogen-bond donors (Lipinski definition) is 1. The second kappa shape index (κ2) is 8.90. The summed E-state index contributed by atoms with van der Waals surface area (Å²) in [6, 6.07) is 40.3. The summed E-state index contributed by atoms with van der Waals surface area (Å²) >= 11 is 0. The third kappa shape index (κ3) is 4.20. The Morgan fingerprint density at radius 3 is 1.17 bits per heavy atom. The lowest BCUT2D eigenvalue weighted by atomic mass is 9.86. The van der Waals surface area contributed by atoms with Crippen LogP contribution in [-0.4, -0.2) is 0 Å². The summed E-state index contributed by atoms with van der Waals surface area (Å²) in [5, 5.41) is 3.15. The first-order chi connectivity index (χ1) is 14.4. The smallest absolute Gasteiger partial charge is 0.0379 e. The second-order valence-corrected chi connectivity index (χ2v) is 6.77. The van der Waals surface area contributed by atoms with Gasteiger partial charge in [-0.05, 0) is 51.7 Å². The molecule has 1 N–H and O–H groups in total. The van der Waals surface area contributed by atoms with E-state index in [1.165, 1.54) is 33.4 Å². The molecule has 0 saturated carbocycles. The van der Waals surface area contributed by atoms with Crippen LogP contribution in [0.5, 0.6) is 0 Å². The maximum atomic E-state index is 3.75. The molecule has 0 radical (unpaired) electrons. The van der Waals surface area contributed by atoms with Crippen LogP contribution in [0.1, 0.15) is 22.3 Å². The SMILES string of the molecule is C=CNc1ccc(C(=C(c2ccccc2)c2ccccc2)c2ccccc2)cc1. The molecule has 0 bridgehead atoms. The minimum atomic E-state index is 1.03. The maximum Gasteiger partial charge on any atom is 0.0379 e. The number of nitrogens with one attached hydrogen (secondary N) is 1. The number of hydrogen-bond acceptors (Lipinski definition) is 1. The van der Waals surface area contributed by atoms with E-state index in [1.807, 2.05) is 0 Å². The van der Waals surface area contributed by atoms with Crippen LogP contribution in [0.15, 0.2) is 128 Å². The molecule has 4 aromatic rings. The van der Waals surface area contributed by atoms with Crippen LogP contribution < -0.4 is 5.32 Å². The Kier molecular flexibility index (Phi) is 5.68. The lowest BCUT2D eigenvalue weighted by Crippen LogP contribution is -1.97. The zero-order valence-corrected chi connectivity index (χ0v) is 16.3. The molecular formula is C28H23N. The van der Waals surface area contributed by atoms with Gasteiger partial charge >= 0.3 is 0 Å². The van der Waals surface area contributed by atoms with Crippen molar-refractivity contribution < 1.29 is 0 Å². The first kappa shape index (κ1) is 18.5. The van der Waals surface area contributed by atoms with E-state index in [2.05, 4.69) is 127 Å². The highest BCUT2D eigenvalue weighted by atomic mass is 14.8. The van der Waals surface area contributed by atoms with Crippen molar-refractivity contribution in [1.29, 1.82) is 0 Å². The van der Waals surface area contributed by atoms with Gasteiger partial charge in [-0.2, -0.15) is 0 Å². The zero-order valence-electron chi connectivity index (χ0n) is 16.3. The van der Waals surface area contributed by atoms with Crippen molar-refractivity contribution in [1.82, 2.24) is 0 Å². The summed E-state index contributed by atoms with van der Waals surface area (Å²) < 4.78 is 0. The Bertz CT molecular complexity index is 1050. The lowest BCUT2D eigenvalue weighted by Gasteiger charge is -2.18. The molecule has 0 atom stereocenters. The van der Waals surface area contributed by atoms with E-state index in [-0.39, 0.29) is 0 Å². The van der Waals surface area contributed by atoms with E-state index >= 15 is 0 Å². The molecule has 0 aromatic heterocycles. The summed E-state index contributed by atoms with van der Waals surface area (Å²) in [4.78, 5) is 0. The van der Waals surface area contributed by atoms with Crippen molar-refractivity contribution in [3.63, 3.8) is 0 Å². The second-order valence-electron chi connectivity index (χ2n) is 6.77. The van der Waals surface area contributed by atoms with Gasteiger partial charge in [-0.1, -0.05) is 110 Å². The molecule has 0 amide bonds. The average Bonchev–Trinajstić information content (AvgIpc) is 2.80. The molecule has 0 saturated heterocycles. The van der Waals surface area contributed by atoms with Gasteiger partial charge in [0.15, 0.2) is 0 Å².